The highest BCUT2D eigenvalue weighted by Crippen LogP contribution is 2.33. The van der Waals surface area contributed by atoms with Crippen LogP contribution in [0.2, 0.25) is 0 Å². The van der Waals surface area contributed by atoms with Gasteiger partial charge in [-0.2, -0.15) is 0 Å². The first-order valence-electron chi connectivity index (χ1n) is 7.03. The first kappa shape index (κ1) is 15.7. The summed E-state index contributed by atoms with van der Waals surface area (Å²) < 4.78 is 11.1. The molecule has 2 heterocycles. The predicted octanol–water partition coefficient (Wildman–Crippen LogP) is 0.964. The summed E-state index contributed by atoms with van der Waals surface area (Å²) in [7, 11) is 0. The number of ether oxygens (including phenoxy) is 2. The largest absolute Gasteiger partial charge is 0.457 e. The molecule has 1 saturated heterocycles. The lowest BCUT2D eigenvalue weighted by Gasteiger charge is -2.30. The van der Waals surface area contributed by atoms with E-state index in [1.807, 2.05) is 13.0 Å². The minimum atomic E-state index is -0.535. The Balaban J connectivity index is 2.23. The van der Waals surface area contributed by atoms with Crippen LogP contribution in [-0.4, -0.2) is 46.8 Å². The number of ketones is 1. The van der Waals surface area contributed by atoms with Crippen molar-refractivity contribution in [3.8, 4) is 0 Å². The highest BCUT2D eigenvalue weighted by molar-refractivity contribution is 5.93. The lowest BCUT2D eigenvalue weighted by Crippen LogP contribution is -2.40. The van der Waals surface area contributed by atoms with Crippen molar-refractivity contribution in [2.75, 3.05) is 6.61 Å². The molecule has 2 aliphatic heterocycles. The molecule has 1 N–H and O–H groups in total. The third-order valence-corrected chi connectivity index (χ3v) is 3.85. The van der Waals surface area contributed by atoms with Gasteiger partial charge in [-0.1, -0.05) is 13.0 Å². The second kappa shape index (κ2) is 6.41. The van der Waals surface area contributed by atoms with Crippen molar-refractivity contribution in [3.63, 3.8) is 0 Å². The second-order valence-corrected chi connectivity index (χ2v) is 5.43. The van der Waals surface area contributed by atoms with E-state index in [1.165, 1.54) is 13.8 Å². The number of allylic oxidation sites excluding steroid dienone is 2. The number of Topliss-reactive ketones (excluding diaryl/α,β-unsaturated/α-hetero) is 1. The van der Waals surface area contributed by atoms with Crippen molar-refractivity contribution < 1.29 is 24.2 Å². The van der Waals surface area contributed by atoms with Gasteiger partial charge in [-0.15, -0.1) is 0 Å². The van der Waals surface area contributed by atoms with E-state index >= 15 is 0 Å². The fourth-order valence-electron chi connectivity index (χ4n) is 2.63. The molecule has 0 amide bonds. The molecule has 1 fully saturated rings. The number of carbonyl (C=O) groups excluding carboxylic acids is 2. The van der Waals surface area contributed by atoms with Crippen molar-refractivity contribution in [3.05, 3.63) is 24.0 Å². The number of aliphatic hydroxyl groups is 1. The molecule has 0 aromatic heterocycles. The number of nitrogens with zero attached hydrogens (tertiary/aromatic N) is 1. The Kier molecular flexibility index (Phi) is 4.80. The quantitative estimate of drug-likeness (QED) is 0.779. The standard InChI is InChI=1S/C15H21NO5/c1-9-13(8-17)21-15(14(9)20-11(3)19)16-6-4-5-12(7-16)10(2)18/h4,6-7,9,13-15,17H,5,8H2,1-3H3/t9-,13-,14-,15-/m1/s1. The van der Waals surface area contributed by atoms with Gasteiger partial charge >= 0.3 is 5.97 Å². The van der Waals surface area contributed by atoms with Crippen LogP contribution in [0.4, 0.5) is 0 Å². The van der Waals surface area contributed by atoms with E-state index in [2.05, 4.69) is 0 Å². The van der Waals surface area contributed by atoms with Crippen LogP contribution in [0.1, 0.15) is 27.2 Å². The highest BCUT2D eigenvalue weighted by atomic mass is 16.6. The summed E-state index contributed by atoms with van der Waals surface area (Å²) in [5, 5.41) is 9.37. The first-order valence-corrected chi connectivity index (χ1v) is 7.03. The van der Waals surface area contributed by atoms with Crippen molar-refractivity contribution in [1.82, 2.24) is 4.90 Å². The average Bonchev–Trinajstić information content (AvgIpc) is 2.75. The summed E-state index contributed by atoms with van der Waals surface area (Å²) in [6.07, 6.45) is 4.54. The lowest BCUT2D eigenvalue weighted by molar-refractivity contribution is -0.154. The van der Waals surface area contributed by atoms with E-state index in [0.29, 0.717) is 12.0 Å². The molecule has 21 heavy (non-hydrogen) atoms. The number of carbonyl (C=O) groups is 2. The van der Waals surface area contributed by atoms with Crippen molar-refractivity contribution in [2.24, 2.45) is 5.92 Å². The zero-order valence-corrected chi connectivity index (χ0v) is 12.5. The fraction of sp³-hybridized carbons (Fsp3) is 0.600. The van der Waals surface area contributed by atoms with Crippen LogP contribution in [0.15, 0.2) is 24.0 Å². The average molecular weight is 295 g/mol. The van der Waals surface area contributed by atoms with E-state index in [1.54, 1.807) is 17.3 Å². The molecule has 116 valence electrons. The van der Waals surface area contributed by atoms with E-state index in [4.69, 9.17) is 9.47 Å². The lowest BCUT2D eigenvalue weighted by atomic mass is 10.00. The van der Waals surface area contributed by atoms with Gasteiger partial charge in [0, 0.05) is 30.8 Å². The topological polar surface area (TPSA) is 76.1 Å². The summed E-state index contributed by atoms with van der Waals surface area (Å²) in [5.74, 6) is -0.526. The monoisotopic (exact) mass is 295 g/mol. The highest BCUT2D eigenvalue weighted by Gasteiger charge is 2.46. The Labute approximate surface area is 124 Å². The van der Waals surface area contributed by atoms with Gasteiger partial charge < -0.3 is 19.5 Å². The Bertz CT molecular complexity index is 484. The molecule has 4 atom stereocenters. The molecular weight excluding hydrogens is 274 g/mol. The molecule has 0 aromatic rings. The summed E-state index contributed by atoms with van der Waals surface area (Å²) in [4.78, 5) is 24.5. The van der Waals surface area contributed by atoms with Crippen LogP contribution in [0, 0.1) is 5.92 Å². The molecule has 6 nitrogen and oxygen atoms in total. The van der Waals surface area contributed by atoms with E-state index < -0.39 is 24.4 Å². The van der Waals surface area contributed by atoms with Gasteiger partial charge in [0.1, 0.15) is 0 Å². The summed E-state index contributed by atoms with van der Waals surface area (Å²) in [6, 6.07) is 0. The molecule has 0 bridgehead atoms. The fourth-order valence-corrected chi connectivity index (χ4v) is 2.63. The smallest absolute Gasteiger partial charge is 0.303 e. The molecule has 0 aliphatic carbocycles. The molecule has 0 spiro atoms. The van der Waals surface area contributed by atoms with Crippen LogP contribution in [0.3, 0.4) is 0 Å². The molecule has 0 radical (unpaired) electrons. The van der Waals surface area contributed by atoms with Crippen molar-refractivity contribution in [2.45, 2.75) is 45.6 Å². The Morgan fingerprint density at radius 2 is 2.19 bits per heavy atom. The van der Waals surface area contributed by atoms with Gasteiger partial charge in [-0.25, -0.2) is 0 Å². The second-order valence-electron chi connectivity index (χ2n) is 5.43. The number of esters is 1. The van der Waals surface area contributed by atoms with Crippen LogP contribution in [0.5, 0.6) is 0 Å². The van der Waals surface area contributed by atoms with Crippen molar-refractivity contribution >= 4 is 11.8 Å². The number of hydrogen-bond donors (Lipinski definition) is 1. The van der Waals surface area contributed by atoms with Crippen LogP contribution in [-0.2, 0) is 19.1 Å². The van der Waals surface area contributed by atoms with Crippen LogP contribution in [0.25, 0.3) is 0 Å². The van der Waals surface area contributed by atoms with Gasteiger partial charge in [0.2, 0.25) is 0 Å². The molecule has 0 unspecified atom stereocenters. The molecule has 2 aliphatic rings. The van der Waals surface area contributed by atoms with Crippen LogP contribution < -0.4 is 0 Å². The zero-order chi connectivity index (χ0) is 15.6. The van der Waals surface area contributed by atoms with Gasteiger partial charge in [0.25, 0.3) is 0 Å². The third-order valence-electron chi connectivity index (χ3n) is 3.85. The van der Waals surface area contributed by atoms with Gasteiger partial charge in [-0.3, -0.25) is 9.59 Å². The Morgan fingerprint density at radius 1 is 1.48 bits per heavy atom. The summed E-state index contributed by atoms with van der Waals surface area (Å²) >= 11 is 0. The Morgan fingerprint density at radius 3 is 2.76 bits per heavy atom. The minimum absolute atomic E-state index is 0.00172. The molecule has 0 saturated carbocycles. The summed E-state index contributed by atoms with van der Waals surface area (Å²) in [5.41, 5.74) is 0.669. The normalized spacial score (nSPS) is 32.0. The van der Waals surface area contributed by atoms with Crippen LogP contribution >= 0.6 is 0 Å². The van der Waals surface area contributed by atoms with E-state index in [9.17, 15) is 14.7 Å². The molecule has 6 heteroatoms. The van der Waals surface area contributed by atoms with Gasteiger partial charge in [-0.05, 0) is 13.3 Å². The Hall–Kier alpha value is -1.66. The molecule has 2 rings (SSSR count). The van der Waals surface area contributed by atoms with E-state index in [0.717, 1.165) is 0 Å². The maximum Gasteiger partial charge on any atom is 0.303 e. The SMILES string of the molecule is CC(=O)O[C@@H]1[C@H](C)[C@@H](CO)O[C@H]1N1C=CCC(C(C)=O)=C1. The maximum atomic E-state index is 11.5. The van der Waals surface area contributed by atoms with Gasteiger partial charge in [0.15, 0.2) is 18.1 Å². The van der Waals surface area contributed by atoms with Gasteiger partial charge in [0.05, 0.1) is 12.7 Å². The predicted molar refractivity (Wildman–Crippen MR) is 74.8 cm³/mol. The van der Waals surface area contributed by atoms with Crippen molar-refractivity contribution in [1.29, 1.82) is 0 Å². The maximum absolute atomic E-state index is 11.5. The first-order chi connectivity index (χ1) is 9.93. The third kappa shape index (κ3) is 3.33. The number of hydrogen-bond acceptors (Lipinski definition) is 6. The number of aliphatic hydroxyl groups excluding tert-OH is 1. The zero-order valence-electron chi connectivity index (χ0n) is 12.5. The minimum Gasteiger partial charge on any atom is -0.457 e. The summed E-state index contributed by atoms with van der Waals surface area (Å²) in [6.45, 7) is 4.59. The number of rotatable bonds is 4. The molecular formula is C15H21NO5. The molecule has 0 aromatic carbocycles. The van der Waals surface area contributed by atoms with E-state index in [-0.39, 0.29) is 18.3 Å².